The van der Waals surface area contributed by atoms with E-state index < -0.39 is 35.7 Å². The van der Waals surface area contributed by atoms with Gasteiger partial charge in [-0.2, -0.15) is 0 Å². The van der Waals surface area contributed by atoms with Crippen molar-refractivity contribution in [1.82, 2.24) is 10.6 Å². The molecule has 1 rings (SSSR count). The van der Waals surface area contributed by atoms with Crippen LogP contribution in [0.25, 0.3) is 0 Å². The minimum Gasteiger partial charge on any atom is -0.467 e. The second kappa shape index (κ2) is 12.6. The maximum Gasteiger partial charge on any atom is 0.408 e. The largest absolute Gasteiger partial charge is 0.467 e. The molecule has 0 radical (unpaired) electrons. The predicted octanol–water partition coefficient (Wildman–Crippen LogP) is 3.42. The highest BCUT2D eigenvalue weighted by Gasteiger charge is 2.30. The Kier molecular flexibility index (Phi) is 10.9. The van der Waals surface area contributed by atoms with Crippen LogP contribution in [0, 0.1) is 5.92 Å². The van der Waals surface area contributed by atoms with Gasteiger partial charge in [-0.1, -0.05) is 55.0 Å². The fourth-order valence-electron chi connectivity index (χ4n) is 2.29. The summed E-state index contributed by atoms with van der Waals surface area (Å²) < 4.78 is 9.97. The van der Waals surface area contributed by atoms with Crippen LogP contribution < -0.4 is 10.6 Å². The molecule has 2 N–H and O–H groups in total. The van der Waals surface area contributed by atoms with Crippen molar-refractivity contribution in [2.45, 2.75) is 52.3 Å². The molecule has 1 aromatic rings. The van der Waals surface area contributed by atoms with Crippen molar-refractivity contribution >= 4 is 44.7 Å². The van der Waals surface area contributed by atoms with Gasteiger partial charge in [0.1, 0.15) is 17.7 Å². The number of carbonyl (C=O) groups excluding carboxylic acids is 4. The summed E-state index contributed by atoms with van der Waals surface area (Å²) in [6.45, 7) is 8.65. The van der Waals surface area contributed by atoms with Gasteiger partial charge in [-0.15, -0.1) is 0 Å². The zero-order valence-corrected chi connectivity index (χ0v) is 20.2. The zero-order valence-electron chi connectivity index (χ0n) is 18.6. The van der Waals surface area contributed by atoms with Crippen LogP contribution in [0.1, 0.15) is 45.0 Å². The molecule has 2 atom stereocenters. The average Bonchev–Trinajstić information content (AvgIpc) is 2.69. The second-order valence-electron chi connectivity index (χ2n) is 7.97. The molecule has 0 fully saturated rings. The van der Waals surface area contributed by atoms with E-state index in [1.807, 2.05) is 6.07 Å². The monoisotopic (exact) mass is 470 g/mol. The number of alkyl carbamates (subject to hydrolysis) is 1. The fraction of sp³-hybridized carbons (Fsp3) is 0.524. The van der Waals surface area contributed by atoms with Crippen molar-refractivity contribution in [2.75, 3.05) is 12.9 Å². The lowest BCUT2D eigenvalue weighted by atomic mass is 10.0. The third kappa shape index (κ3) is 10.1. The van der Waals surface area contributed by atoms with Crippen molar-refractivity contribution in [3.63, 3.8) is 0 Å². The Bertz CT molecular complexity index is 765. The Balaban J connectivity index is 2.84. The first-order chi connectivity index (χ1) is 14.4. The molecule has 0 saturated carbocycles. The van der Waals surface area contributed by atoms with Crippen molar-refractivity contribution in [1.29, 1.82) is 0 Å². The van der Waals surface area contributed by atoms with E-state index in [1.54, 1.807) is 58.9 Å². The number of esters is 1. The summed E-state index contributed by atoms with van der Waals surface area (Å²) in [6, 6.07) is 6.83. The minimum absolute atomic E-state index is 0.0836. The number of rotatable bonds is 9. The molecule has 0 saturated heterocycles. The molecule has 10 heteroatoms. The Labute approximate surface area is 191 Å². The van der Waals surface area contributed by atoms with Gasteiger partial charge >= 0.3 is 12.1 Å². The molecule has 0 unspecified atom stereocenters. The molecule has 0 heterocycles. The number of methoxy groups -OCH3 is 1. The number of nitrogens with one attached hydrogen (secondary N) is 2. The molecular formula is C21H30N2O6S2. The predicted molar refractivity (Wildman–Crippen MR) is 123 cm³/mol. The number of hydrogen-bond donors (Lipinski definition) is 2. The van der Waals surface area contributed by atoms with E-state index in [2.05, 4.69) is 10.6 Å². The van der Waals surface area contributed by atoms with Crippen molar-refractivity contribution in [3.05, 3.63) is 35.9 Å². The Morgan fingerprint density at radius 2 is 1.65 bits per heavy atom. The standard InChI is InChI=1S/C21H30N2O6S2/c1-13(2)16(18(25)28-6)23-17(24)15(22-20(27)29-21(3,4)5)12-30-31-19(26)14-10-8-7-9-11-14/h7-11,13,15-16H,12H2,1-6H3,(H,22,27)(H,23,24)/t15-,16-/m0/s1. The SMILES string of the molecule is COC(=O)[C@@H](NC(=O)[C@H](CSSC(=O)c1ccccc1)NC(=O)OC(C)(C)C)C(C)C. The molecule has 1 aromatic carbocycles. The van der Waals surface area contributed by atoms with Gasteiger partial charge in [0.25, 0.3) is 0 Å². The lowest BCUT2D eigenvalue weighted by Crippen LogP contribution is -2.54. The number of amides is 2. The van der Waals surface area contributed by atoms with Gasteiger partial charge in [-0.3, -0.25) is 9.59 Å². The summed E-state index contributed by atoms with van der Waals surface area (Å²) in [5.41, 5.74) is -0.213. The lowest BCUT2D eigenvalue weighted by Gasteiger charge is -2.25. The molecule has 0 bridgehead atoms. The fourth-order valence-corrected chi connectivity index (χ4v) is 4.29. The van der Waals surface area contributed by atoms with Gasteiger partial charge in [-0.05, 0) is 37.5 Å². The highest BCUT2D eigenvalue weighted by atomic mass is 33.1. The highest BCUT2D eigenvalue weighted by Crippen LogP contribution is 2.26. The van der Waals surface area contributed by atoms with Crippen LogP contribution in [0.15, 0.2) is 30.3 Å². The zero-order chi connectivity index (χ0) is 23.6. The van der Waals surface area contributed by atoms with E-state index in [0.29, 0.717) is 5.56 Å². The molecule has 0 spiro atoms. The molecule has 31 heavy (non-hydrogen) atoms. The van der Waals surface area contributed by atoms with Gasteiger partial charge in [0.2, 0.25) is 11.0 Å². The molecule has 0 aliphatic carbocycles. The summed E-state index contributed by atoms with van der Waals surface area (Å²) in [5, 5.41) is 4.96. The first kappa shape index (κ1) is 26.8. The summed E-state index contributed by atoms with van der Waals surface area (Å²) in [4.78, 5) is 49.3. The number of carbonyl (C=O) groups is 4. The minimum atomic E-state index is -1.03. The van der Waals surface area contributed by atoms with Gasteiger partial charge in [-0.25, -0.2) is 9.59 Å². The molecular weight excluding hydrogens is 440 g/mol. The lowest BCUT2D eigenvalue weighted by molar-refractivity contribution is -0.146. The van der Waals surface area contributed by atoms with Crippen LogP contribution in [0.3, 0.4) is 0 Å². The van der Waals surface area contributed by atoms with E-state index in [9.17, 15) is 19.2 Å². The maximum absolute atomic E-state index is 12.8. The van der Waals surface area contributed by atoms with Gasteiger partial charge in [0.05, 0.1) is 7.11 Å². The normalized spacial score (nSPS) is 13.1. The van der Waals surface area contributed by atoms with E-state index in [0.717, 1.165) is 21.6 Å². The van der Waals surface area contributed by atoms with Crippen LogP contribution in [-0.4, -0.2) is 53.6 Å². The molecule has 2 amide bonds. The van der Waals surface area contributed by atoms with Crippen molar-refractivity contribution in [3.8, 4) is 0 Å². The Morgan fingerprint density at radius 1 is 1.03 bits per heavy atom. The van der Waals surface area contributed by atoms with Gasteiger partial charge in [0, 0.05) is 11.3 Å². The number of hydrogen-bond acceptors (Lipinski definition) is 8. The van der Waals surface area contributed by atoms with E-state index in [1.165, 1.54) is 7.11 Å². The van der Waals surface area contributed by atoms with Crippen LogP contribution in [-0.2, 0) is 19.1 Å². The summed E-state index contributed by atoms with van der Waals surface area (Å²) in [5.74, 6) is -1.29. The van der Waals surface area contributed by atoms with Crippen molar-refractivity contribution < 1.29 is 28.7 Å². The van der Waals surface area contributed by atoms with Crippen LogP contribution in [0.4, 0.5) is 4.79 Å². The number of benzene rings is 1. The molecule has 0 aromatic heterocycles. The number of ether oxygens (including phenoxy) is 2. The van der Waals surface area contributed by atoms with Gasteiger partial charge < -0.3 is 20.1 Å². The summed E-state index contributed by atoms with van der Waals surface area (Å²) in [6.07, 6.45) is -0.771. The second-order valence-corrected chi connectivity index (χ2v) is 10.3. The van der Waals surface area contributed by atoms with E-state index in [4.69, 9.17) is 9.47 Å². The molecule has 0 aliphatic heterocycles. The Morgan fingerprint density at radius 3 is 2.16 bits per heavy atom. The molecule has 172 valence electrons. The smallest absolute Gasteiger partial charge is 0.408 e. The van der Waals surface area contributed by atoms with E-state index >= 15 is 0 Å². The first-order valence-electron chi connectivity index (χ1n) is 9.71. The van der Waals surface area contributed by atoms with Crippen LogP contribution >= 0.6 is 21.6 Å². The summed E-state index contributed by atoms with van der Waals surface area (Å²) in [7, 11) is 3.33. The Hall–Kier alpha value is -2.20. The van der Waals surface area contributed by atoms with Crippen LogP contribution in [0.2, 0.25) is 0 Å². The van der Waals surface area contributed by atoms with Crippen molar-refractivity contribution in [2.24, 2.45) is 5.92 Å². The third-order valence-corrected chi connectivity index (χ3v) is 6.00. The third-order valence-electron chi connectivity index (χ3n) is 3.81. The van der Waals surface area contributed by atoms with Gasteiger partial charge in [0.15, 0.2) is 0 Å². The average molecular weight is 471 g/mol. The maximum atomic E-state index is 12.8. The first-order valence-corrected chi connectivity index (χ1v) is 12.0. The van der Waals surface area contributed by atoms with E-state index in [-0.39, 0.29) is 16.8 Å². The molecule has 0 aliphatic rings. The highest BCUT2D eigenvalue weighted by molar-refractivity contribution is 8.82. The van der Waals surface area contributed by atoms with Crippen LogP contribution in [0.5, 0.6) is 0 Å². The topological polar surface area (TPSA) is 111 Å². The summed E-state index contributed by atoms with van der Waals surface area (Å²) >= 11 is 0. The quantitative estimate of drug-likeness (QED) is 0.417. The molecule has 8 nitrogen and oxygen atoms in total.